The van der Waals surface area contributed by atoms with Crippen LogP contribution in [0.5, 0.6) is 11.7 Å². The summed E-state index contributed by atoms with van der Waals surface area (Å²) in [5, 5.41) is 17.6. The van der Waals surface area contributed by atoms with Gasteiger partial charge in [0.05, 0.1) is 29.4 Å². The number of benzene rings is 2. The second-order valence-electron chi connectivity index (χ2n) is 5.80. The van der Waals surface area contributed by atoms with E-state index < -0.39 is 29.3 Å². The van der Waals surface area contributed by atoms with E-state index in [0.717, 1.165) is 23.9 Å². The zero-order valence-corrected chi connectivity index (χ0v) is 16.8. The topological polar surface area (TPSA) is 91.3 Å². The van der Waals surface area contributed by atoms with E-state index in [4.69, 9.17) is 16.3 Å². The molecule has 2 aromatic carbocycles. The summed E-state index contributed by atoms with van der Waals surface area (Å²) < 4.78 is 50.3. The number of amides is 1. The van der Waals surface area contributed by atoms with Gasteiger partial charge in [0.25, 0.3) is 5.03 Å². The molecule has 1 N–H and O–H groups in total. The van der Waals surface area contributed by atoms with Crippen LogP contribution >= 0.6 is 23.4 Å². The van der Waals surface area contributed by atoms with Crippen LogP contribution in [0.1, 0.15) is 5.56 Å². The number of alkyl halides is 3. The van der Waals surface area contributed by atoms with Crippen molar-refractivity contribution < 1.29 is 37.0 Å². The third kappa shape index (κ3) is 4.97. The summed E-state index contributed by atoms with van der Waals surface area (Å²) in [6.45, 7) is 0. The lowest BCUT2D eigenvalue weighted by Crippen LogP contribution is -2.35. The van der Waals surface area contributed by atoms with Crippen LogP contribution in [-0.4, -0.2) is 24.0 Å². The van der Waals surface area contributed by atoms with Crippen molar-refractivity contribution in [2.75, 3.05) is 18.2 Å². The molecular weight excluding hydrogens is 447 g/mol. The van der Waals surface area contributed by atoms with E-state index in [-0.39, 0.29) is 15.8 Å². The summed E-state index contributed by atoms with van der Waals surface area (Å²) in [6, 6.07) is 9.53. The predicted molar refractivity (Wildman–Crippen MR) is 99.8 cm³/mol. The van der Waals surface area contributed by atoms with Crippen LogP contribution in [0, 0.1) is 0 Å². The number of hydrogen-bond acceptors (Lipinski definition) is 6. The summed E-state index contributed by atoms with van der Waals surface area (Å²) in [4.78, 5) is 12.2. The van der Waals surface area contributed by atoms with Gasteiger partial charge in [-0.2, -0.15) is 13.2 Å². The van der Waals surface area contributed by atoms with E-state index in [2.05, 4.69) is 15.1 Å². The number of aromatic nitrogens is 2. The second kappa shape index (κ2) is 8.84. The van der Waals surface area contributed by atoms with Crippen LogP contribution in [0.25, 0.3) is 5.69 Å². The number of anilines is 1. The third-order valence-electron chi connectivity index (χ3n) is 3.79. The second-order valence-corrected chi connectivity index (χ2v) is 7.20. The number of nitrogens with zero attached hydrogens (tertiary/aromatic N) is 2. The Morgan fingerprint density at radius 3 is 2.63 bits per heavy atom. The molecule has 1 aromatic heterocycles. The lowest BCUT2D eigenvalue weighted by Gasteiger charge is -2.13. The highest BCUT2D eigenvalue weighted by molar-refractivity contribution is 7.99. The molecule has 0 spiro atoms. The van der Waals surface area contributed by atoms with Crippen molar-refractivity contribution in [1.29, 1.82) is 0 Å². The standard InChI is InChI=1S/C18H13ClF3N3O4S/c1-28-12-5-3-11(4-6-12)25-16(17(27)29-24-25)30-9-15(26)23-14-7-2-10(19)8-13(14)18(20,21)22/h2-8H,9H2,1H3,(H-,23,24,26,27). The molecular formula is C18H13ClF3N3O4S. The first-order chi connectivity index (χ1) is 14.2. The van der Waals surface area contributed by atoms with Gasteiger partial charge in [0.15, 0.2) is 5.95 Å². The molecule has 0 unspecified atom stereocenters. The molecule has 0 atom stereocenters. The monoisotopic (exact) mass is 459 g/mol. The van der Waals surface area contributed by atoms with E-state index >= 15 is 0 Å². The van der Waals surface area contributed by atoms with Crippen LogP contribution in [0.3, 0.4) is 0 Å². The molecule has 0 radical (unpaired) electrons. The van der Waals surface area contributed by atoms with Gasteiger partial charge in [-0.15, -0.1) is 0 Å². The molecule has 7 nitrogen and oxygen atoms in total. The van der Waals surface area contributed by atoms with Gasteiger partial charge in [0.1, 0.15) is 5.75 Å². The zero-order valence-electron chi connectivity index (χ0n) is 15.2. The molecule has 1 heterocycles. The number of thioether (sulfide) groups is 1. The number of methoxy groups -OCH3 is 1. The Morgan fingerprint density at radius 2 is 2.00 bits per heavy atom. The maximum absolute atomic E-state index is 13.1. The normalized spacial score (nSPS) is 11.4. The third-order valence-corrected chi connectivity index (χ3v) is 5.05. The fourth-order valence-corrected chi connectivity index (χ4v) is 3.36. The van der Waals surface area contributed by atoms with Crippen molar-refractivity contribution in [3.63, 3.8) is 0 Å². The Kier molecular flexibility index (Phi) is 6.42. The van der Waals surface area contributed by atoms with E-state index in [1.54, 1.807) is 24.3 Å². The number of rotatable bonds is 6. The molecule has 0 bridgehead atoms. The molecule has 0 aliphatic carbocycles. The van der Waals surface area contributed by atoms with E-state index in [1.807, 2.05) is 0 Å². The average Bonchev–Trinajstić information content (AvgIpc) is 3.07. The molecule has 3 rings (SSSR count). The van der Waals surface area contributed by atoms with Gasteiger partial charge in [-0.1, -0.05) is 11.6 Å². The molecule has 0 fully saturated rings. The summed E-state index contributed by atoms with van der Waals surface area (Å²) in [6.07, 6.45) is -4.70. The van der Waals surface area contributed by atoms with Crippen molar-refractivity contribution >= 4 is 35.0 Å². The summed E-state index contributed by atoms with van der Waals surface area (Å²) in [7, 11) is 1.50. The number of ether oxygens (including phenoxy) is 1. The predicted octanol–water partition coefficient (Wildman–Crippen LogP) is 3.44. The van der Waals surface area contributed by atoms with Gasteiger partial charge in [-0.25, -0.2) is 0 Å². The highest BCUT2D eigenvalue weighted by Crippen LogP contribution is 2.36. The van der Waals surface area contributed by atoms with Crippen LogP contribution in [-0.2, 0) is 11.0 Å². The highest BCUT2D eigenvalue weighted by atomic mass is 35.5. The molecule has 158 valence electrons. The Morgan fingerprint density at radius 1 is 1.30 bits per heavy atom. The average molecular weight is 460 g/mol. The minimum atomic E-state index is -4.70. The van der Waals surface area contributed by atoms with Crippen LogP contribution in [0.15, 0.2) is 52.0 Å². The van der Waals surface area contributed by atoms with Gasteiger partial charge in [0.2, 0.25) is 11.6 Å². The van der Waals surface area contributed by atoms with Gasteiger partial charge in [0, 0.05) is 17.2 Å². The number of nitrogens with one attached hydrogen (secondary N) is 1. The minimum absolute atomic E-state index is 0.0116. The lowest BCUT2D eigenvalue weighted by atomic mass is 10.1. The molecule has 30 heavy (non-hydrogen) atoms. The van der Waals surface area contributed by atoms with E-state index in [1.165, 1.54) is 17.9 Å². The number of carbonyl (C=O) groups is 1. The van der Waals surface area contributed by atoms with Gasteiger partial charge < -0.3 is 19.7 Å². The highest BCUT2D eigenvalue weighted by Gasteiger charge is 2.34. The molecule has 0 saturated carbocycles. The smallest absolute Gasteiger partial charge is 0.418 e. The van der Waals surface area contributed by atoms with Crippen molar-refractivity contribution in [2.45, 2.75) is 11.2 Å². The lowest BCUT2D eigenvalue weighted by molar-refractivity contribution is -0.705. The van der Waals surface area contributed by atoms with Crippen LogP contribution < -0.4 is 19.8 Å². The minimum Gasteiger partial charge on any atom is -0.538 e. The van der Waals surface area contributed by atoms with Gasteiger partial charge >= 0.3 is 6.18 Å². The summed E-state index contributed by atoms with van der Waals surface area (Å²) in [5.41, 5.74) is -1.04. The maximum Gasteiger partial charge on any atom is 0.418 e. The summed E-state index contributed by atoms with van der Waals surface area (Å²) >= 11 is 6.39. The molecule has 12 heteroatoms. The Hall–Kier alpha value is -2.92. The zero-order chi connectivity index (χ0) is 21.9. The quantitative estimate of drug-likeness (QED) is 0.448. The number of hydrogen-bond donors (Lipinski definition) is 1. The van der Waals surface area contributed by atoms with Crippen molar-refractivity contribution in [2.24, 2.45) is 0 Å². The molecule has 3 aromatic rings. The van der Waals surface area contributed by atoms with Crippen LogP contribution in [0.4, 0.5) is 18.9 Å². The van der Waals surface area contributed by atoms with Crippen LogP contribution in [0.2, 0.25) is 5.02 Å². The molecule has 1 amide bonds. The van der Waals surface area contributed by atoms with Crippen molar-refractivity contribution in [3.8, 4) is 17.4 Å². The van der Waals surface area contributed by atoms with Crippen molar-refractivity contribution in [1.82, 2.24) is 5.27 Å². The van der Waals surface area contributed by atoms with E-state index in [9.17, 15) is 23.1 Å². The number of carbonyl (C=O) groups excluding carboxylic acids is 1. The Labute approximate surface area is 177 Å². The maximum atomic E-state index is 13.1. The first-order valence-electron chi connectivity index (χ1n) is 8.22. The van der Waals surface area contributed by atoms with E-state index in [0.29, 0.717) is 11.4 Å². The fraction of sp³-hybridized carbons (Fsp3) is 0.167. The molecule has 0 aliphatic heterocycles. The van der Waals surface area contributed by atoms with Crippen molar-refractivity contribution in [3.05, 3.63) is 53.1 Å². The van der Waals surface area contributed by atoms with Gasteiger partial charge in [-0.05, 0) is 46.8 Å². The largest absolute Gasteiger partial charge is 0.538 e. The first-order valence-corrected chi connectivity index (χ1v) is 9.58. The summed E-state index contributed by atoms with van der Waals surface area (Å²) in [5.74, 6) is -1.31. The van der Waals surface area contributed by atoms with Gasteiger partial charge in [-0.3, -0.25) is 4.79 Å². The number of halogens is 4. The first kappa shape index (κ1) is 21.8. The SMILES string of the molecule is COc1ccc(-[n+]2noc([O-])c2SCC(=O)Nc2ccc(Cl)cc2C(F)(F)F)cc1. The molecule has 0 aliphatic rings. The fourth-order valence-electron chi connectivity index (χ4n) is 2.43. The Balaban J connectivity index is 1.74. The Bertz CT molecular complexity index is 1060. The molecule has 0 saturated heterocycles.